The average Bonchev–Trinajstić information content (AvgIpc) is 2.94. The summed E-state index contributed by atoms with van der Waals surface area (Å²) in [5.41, 5.74) is 4.98. The summed E-state index contributed by atoms with van der Waals surface area (Å²) >= 11 is 2.34. The van der Waals surface area contributed by atoms with Gasteiger partial charge in [0.2, 0.25) is 0 Å². The van der Waals surface area contributed by atoms with E-state index in [1.54, 1.807) is 0 Å². The van der Waals surface area contributed by atoms with Gasteiger partial charge in [0.15, 0.2) is 14.7 Å². The molecule has 12 heteroatoms. The standard InChI is InChI=1S/C30H22IS.2ClHO4/c31-27-19-15-25(16-20-27)23-11-13-24(14-12-23)26-17-21-30(22-18-26)32(28-7-3-1-4-8-28)29-9-5-2-6-10-29;2*2-1(3,4)5/h1-22H;2*(H,2,3,4,5)/q+1;;/p-1. The van der Waals surface area contributed by atoms with Crippen molar-refractivity contribution in [3.63, 3.8) is 0 Å². The van der Waals surface area contributed by atoms with E-state index in [0.717, 1.165) is 0 Å². The molecule has 5 rings (SSSR count). The lowest BCUT2D eigenvalue weighted by molar-refractivity contribution is -2.00. The van der Waals surface area contributed by atoms with Gasteiger partial charge >= 0.3 is 0 Å². The molecule has 0 atom stereocenters. The second-order valence-corrected chi connectivity index (χ2v) is 13.1. The third-order valence-electron chi connectivity index (χ3n) is 5.44. The van der Waals surface area contributed by atoms with Crippen molar-refractivity contribution in [3.05, 3.63) is 137 Å². The topological polar surface area (TPSA) is 182 Å². The zero-order chi connectivity index (χ0) is 30.8. The van der Waals surface area contributed by atoms with Crippen LogP contribution in [0.2, 0.25) is 0 Å². The molecule has 218 valence electrons. The first-order chi connectivity index (χ1) is 19.8. The van der Waals surface area contributed by atoms with Crippen LogP contribution in [0.3, 0.4) is 0 Å². The van der Waals surface area contributed by atoms with Gasteiger partial charge < -0.3 is 0 Å². The number of hydrogen-bond acceptors (Lipinski definition) is 8. The Morgan fingerprint density at radius 1 is 0.429 bits per heavy atom. The average molecular weight is 741 g/mol. The van der Waals surface area contributed by atoms with Crippen LogP contribution in [0, 0.1) is 24.1 Å². The third kappa shape index (κ3) is 12.4. The first-order valence-corrected chi connectivity index (χ1v) is 16.6. The minimum Gasteiger partial charge on any atom is -0.222 e. The van der Waals surface area contributed by atoms with Gasteiger partial charge in [0.05, 0.1) is 25.8 Å². The maximum atomic E-state index is 8.60. The summed E-state index contributed by atoms with van der Waals surface area (Å²) in [6.45, 7) is 0. The van der Waals surface area contributed by atoms with Gasteiger partial charge in [0, 0.05) is 3.57 Å². The lowest BCUT2D eigenvalue weighted by Gasteiger charge is -2.17. The van der Waals surface area contributed by atoms with Crippen molar-refractivity contribution in [2.75, 3.05) is 0 Å². The Morgan fingerprint density at radius 2 is 0.667 bits per heavy atom. The van der Waals surface area contributed by atoms with Crippen molar-refractivity contribution in [2.45, 2.75) is 14.7 Å². The van der Waals surface area contributed by atoms with E-state index >= 15 is 0 Å². The highest BCUT2D eigenvalue weighted by atomic mass is 127. The first kappa shape index (κ1) is 33.9. The predicted octanol–water partition coefficient (Wildman–Crippen LogP) is -0.159. The Labute approximate surface area is 263 Å². The molecular weight excluding hydrogens is 718 g/mol. The normalized spacial score (nSPS) is 11.2. The molecule has 0 amide bonds. The summed E-state index contributed by atoms with van der Waals surface area (Å²) in [6.07, 6.45) is 0. The molecule has 0 fully saturated rings. The number of halogens is 3. The quantitative estimate of drug-likeness (QED) is 0.191. The second kappa shape index (κ2) is 15.8. The van der Waals surface area contributed by atoms with Crippen LogP contribution in [-0.2, 0) is 10.9 Å². The van der Waals surface area contributed by atoms with Gasteiger partial charge in [0.1, 0.15) is 0 Å². The summed E-state index contributed by atoms with van der Waals surface area (Å²) in [4.78, 5) is 4.02. The zero-order valence-corrected chi connectivity index (χ0v) is 26.0. The van der Waals surface area contributed by atoms with Gasteiger partial charge in [-0.1, -0.05) is 72.8 Å². The Hall–Kier alpha value is -2.56. The molecule has 0 heterocycles. The molecule has 0 radical (unpaired) electrons. The molecule has 0 aliphatic heterocycles. The van der Waals surface area contributed by atoms with Crippen LogP contribution in [0.4, 0.5) is 0 Å². The molecule has 0 aliphatic rings. The highest BCUT2D eigenvalue weighted by Crippen LogP contribution is 2.33. The van der Waals surface area contributed by atoms with Crippen molar-refractivity contribution in [1.29, 1.82) is 0 Å². The van der Waals surface area contributed by atoms with Crippen LogP contribution in [0.25, 0.3) is 22.3 Å². The Morgan fingerprint density at radius 3 is 0.976 bits per heavy atom. The van der Waals surface area contributed by atoms with Gasteiger partial charge in [-0.2, -0.15) is 14.0 Å². The monoisotopic (exact) mass is 740 g/mol. The molecule has 0 saturated carbocycles. The number of rotatable bonds is 5. The minimum absolute atomic E-state index is 0.110. The lowest BCUT2D eigenvalue weighted by Crippen LogP contribution is -2.68. The lowest BCUT2D eigenvalue weighted by atomic mass is 10.0. The summed E-state index contributed by atoms with van der Waals surface area (Å²) in [6, 6.07) is 48.2. The highest BCUT2D eigenvalue weighted by molar-refractivity contribution is 14.1. The van der Waals surface area contributed by atoms with E-state index in [1.807, 2.05) is 0 Å². The summed E-state index contributed by atoms with van der Waals surface area (Å²) in [5.74, 6) is 0. The summed E-state index contributed by atoms with van der Waals surface area (Å²) in [5, 5.41) is 0. The summed E-state index contributed by atoms with van der Waals surface area (Å²) in [7, 11) is -9.75. The molecule has 5 aromatic carbocycles. The Balaban J connectivity index is 0.000000420. The third-order valence-corrected chi connectivity index (χ3v) is 8.39. The van der Waals surface area contributed by atoms with Crippen molar-refractivity contribution in [1.82, 2.24) is 0 Å². The van der Waals surface area contributed by atoms with Gasteiger partial charge in [-0.25, -0.2) is 18.6 Å². The molecule has 0 saturated heterocycles. The maximum absolute atomic E-state index is 8.60. The molecule has 0 unspecified atom stereocenters. The minimum atomic E-state index is -4.94. The molecule has 42 heavy (non-hydrogen) atoms. The van der Waals surface area contributed by atoms with E-state index in [2.05, 4.69) is 156 Å². The molecule has 5 aromatic rings. The molecule has 8 nitrogen and oxygen atoms in total. The fourth-order valence-electron chi connectivity index (χ4n) is 3.80. The Bertz CT molecular complexity index is 1430. The zero-order valence-electron chi connectivity index (χ0n) is 21.5. The fraction of sp³-hybridized carbons (Fsp3) is 0. The van der Waals surface area contributed by atoms with Crippen molar-refractivity contribution in [3.8, 4) is 22.3 Å². The molecule has 0 aliphatic carbocycles. The highest BCUT2D eigenvalue weighted by Gasteiger charge is 2.28. The molecule has 0 aromatic heterocycles. The van der Waals surface area contributed by atoms with Crippen molar-refractivity contribution >= 4 is 33.5 Å². The van der Waals surface area contributed by atoms with Crippen LogP contribution in [0.15, 0.2) is 148 Å². The van der Waals surface area contributed by atoms with Crippen molar-refractivity contribution in [2.24, 2.45) is 0 Å². The first-order valence-electron chi connectivity index (χ1n) is 11.8. The number of hydrogen-bond donors (Lipinski definition) is 1. The van der Waals surface area contributed by atoms with Crippen LogP contribution in [0.5, 0.6) is 0 Å². The maximum Gasteiger partial charge on any atom is 0.166 e. The number of benzene rings is 5. The van der Waals surface area contributed by atoms with Crippen LogP contribution in [-0.4, -0.2) is 4.66 Å². The largest absolute Gasteiger partial charge is 0.222 e. The van der Waals surface area contributed by atoms with E-state index < -0.39 is 20.5 Å². The molecule has 1 N–H and O–H groups in total. The van der Waals surface area contributed by atoms with Gasteiger partial charge in [-0.3, -0.25) is 0 Å². The van der Waals surface area contributed by atoms with Crippen LogP contribution < -0.4 is 32.6 Å². The molecular formula is C30H23Cl2IO8S. The van der Waals surface area contributed by atoms with Crippen LogP contribution >= 0.6 is 22.6 Å². The molecule has 0 spiro atoms. The van der Waals surface area contributed by atoms with Crippen LogP contribution in [0.1, 0.15) is 0 Å². The van der Waals surface area contributed by atoms with E-state index in [-0.39, 0.29) is 10.9 Å². The van der Waals surface area contributed by atoms with Gasteiger partial charge in [-0.15, -0.1) is 10.2 Å². The fourth-order valence-corrected chi connectivity index (χ4v) is 6.25. The smallest absolute Gasteiger partial charge is 0.166 e. The van der Waals surface area contributed by atoms with Gasteiger partial charge in [0.25, 0.3) is 0 Å². The van der Waals surface area contributed by atoms with E-state index in [4.69, 9.17) is 37.3 Å². The second-order valence-electron chi connectivity index (χ2n) is 8.31. The SMILES string of the molecule is Ic1ccc(-c2ccc(-c3ccc([S+](c4ccccc4)c4ccccc4)cc3)cc2)cc1.[O-][Cl+3]([O-])([O-])O.[O-][Cl+3]([O-])([O-])[O-]. The predicted molar refractivity (Wildman–Crippen MR) is 147 cm³/mol. The van der Waals surface area contributed by atoms with Gasteiger partial charge in [-0.05, 0) is 106 Å². The van der Waals surface area contributed by atoms with E-state index in [9.17, 15) is 0 Å². The van der Waals surface area contributed by atoms with E-state index in [0.29, 0.717) is 0 Å². The summed E-state index contributed by atoms with van der Waals surface area (Å²) < 4.78 is 68.0. The Kier molecular flexibility index (Phi) is 12.7. The molecule has 0 bridgehead atoms. The van der Waals surface area contributed by atoms with E-state index in [1.165, 1.54) is 40.5 Å². The van der Waals surface area contributed by atoms with Crippen molar-refractivity contribution < 1.29 is 57.8 Å².